The van der Waals surface area contributed by atoms with Crippen molar-refractivity contribution in [3.63, 3.8) is 0 Å². The van der Waals surface area contributed by atoms with Crippen LogP contribution in [-0.2, 0) is 15.0 Å². The van der Waals surface area contributed by atoms with Gasteiger partial charge < -0.3 is 9.80 Å². The third kappa shape index (κ3) is 5.64. The van der Waals surface area contributed by atoms with Crippen LogP contribution in [0.1, 0.15) is 64.5 Å². The molecule has 1 aromatic carbocycles. The maximum absolute atomic E-state index is 13.1. The molecule has 0 saturated carbocycles. The Kier molecular flexibility index (Phi) is 7.74. The van der Waals surface area contributed by atoms with Crippen LogP contribution in [0.4, 0.5) is 0 Å². The van der Waals surface area contributed by atoms with Crippen LogP contribution in [0.2, 0.25) is 0 Å². The SMILES string of the molecule is CC[C@H]1S[C@@H](c2ccc(C(C)(C)C)cc2)N(CCN2CCN(C(=O)C(C)C)CC2)C1=O. The number of rotatable bonds is 6. The number of thioether (sulfide) groups is 1. The van der Waals surface area contributed by atoms with E-state index in [2.05, 4.69) is 61.8 Å². The van der Waals surface area contributed by atoms with Crippen molar-refractivity contribution in [2.75, 3.05) is 39.3 Å². The molecule has 0 spiro atoms. The second kappa shape index (κ2) is 9.95. The quantitative estimate of drug-likeness (QED) is 0.660. The smallest absolute Gasteiger partial charge is 0.236 e. The van der Waals surface area contributed by atoms with Crippen molar-refractivity contribution in [2.24, 2.45) is 5.92 Å². The van der Waals surface area contributed by atoms with E-state index in [-0.39, 0.29) is 33.8 Å². The number of hydrogen-bond donors (Lipinski definition) is 0. The summed E-state index contributed by atoms with van der Waals surface area (Å²) in [6, 6.07) is 8.82. The van der Waals surface area contributed by atoms with E-state index >= 15 is 0 Å². The van der Waals surface area contributed by atoms with E-state index in [4.69, 9.17) is 0 Å². The van der Waals surface area contributed by atoms with Gasteiger partial charge in [-0.2, -0.15) is 0 Å². The van der Waals surface area contributed by atoms with Crippen LogP contribution < -0.4 is 0 Å². The summed E-state index contributed by atoms with van der Waals surface area (Å²) >= 11 is 1.79. The van der Waals surface area contributed by atoms with Crippen molar-refractivity contribution >= 4 is 23.6 Å². The molecule has 0 bridgehead atoms. The molecular formula is C25H39N3O2S. The average molecular weight is 446 g/mol. The first-order chi connectivity index (χ1) is 14.6. The Hall–Kier alpha value is -1.53. The topological polar surface area (TPSA) is 43.9 Å². The number of piperazine rings is 1. The summed E-state index contributed by atoms with van der Waals surface area (Å²) in [5.74, 6) is 0.573. The number of carbonyl (C=O) groups is 2. The highest BCUT2D eigenvalue weighted by Crippen LogP contribution is 2.44. The second-order valence-electron chi connectivity index (χ2n) is 10.1. The zero-order valence-corrected chi connectivity index (χ0v) is 20.9. The van der Waals surface area contributed by atoms with Crippen LogP contribution in [0.5, 0.6) is 0 Å². The largest absolute Gasteiger partial charge is 0.340 e. The van der Waals surface area contributed by atoms with Crippen molar-refractivity contribution in [2.45, 2.75) is 64.0 Å². The molecule has 3 rings (SSSR count). The molecule has 0 unspecified atom stereocenters. The maximum Gasteiger partial charge on any atom is 0.236 e. The number of carbonyl (C=O) groups excluding carboxylic acids is 2. The van der Waals surface area contributed by atoms with E-state index in [1.807, 2.05) is 18.7 Å². The number of nitrogens with zero attached hydrogens (tertiary/aromatic N) is 3. The van der Waals surface area contributed by atoms with E-state index in [1.54, 1.807) is 11.8 Å². The molecule has 0 aliphatic carbocycles. The van der Waals surface area contributed by atoms with E-state index < -0.39 is 0 Å². The first-order valence-electron chi connectivity index (χ1n) is 11.7. The second-order valence-corrected chi connectivity index (χ2v) is 11.4. The van der Waals surface area contributed by atoms with Gasteiger partial charge in [-0.3, -0.25) is 14.5 Å². The first kappa shape index (κ1) is 24.1. The molecule has 2 heterocycles. The van der Waals surface area contributed by atoms with Crippen molar-refractivity contribution in [1.82, 2.24) is 14.7 Å². The molecule has 2 aliphatic rings. The average Bonchev–Trinajstić information content (AvgIpc) is 3.07. The van der Waals surface area contributed by atoms with Crippen LogP contribution in [0.25, 0.3) is 0 Å². The summed E-state index contributed by atoms with van der Waals surface area (Å²) in [4.78, 5) is 31.7. The van der Waals surface area contributed by atoms with E-state index in [1.165, 1.54) is 11.1 Å². The summed E-state index contributed by atoms with van der Waals surface area (Å²) in [7, 11) is 0. The molecular weight excluding hydrogens is 406 g/mol. The molecule has 2 aliphatic heterocycles. The van der Waals surface area contributed by atoms with Gasteiger partial charge in [0.15, 0.2) is 0 Å². The molecule has 2 saturated heterocycles. The minimum Gasteiger partial charge on any atom is -0.340 e. The van der Waals surface area contributed by atoms with Crippen molar-refractivity contribution < 1.29 is 9.59 Å². The van der Waals surface area contributed by atoms with Crippen molar-refractivity contribution in [3.8, 4) is 0 Å². The van der Waals surface area contributed by atoms with Gasteiger partial charge in [0.1, 0.15) is 5.37 Å². The molecule has 2 fully saturated rings. The standard InChI is InChI=1S/C25H39N3O2S/c1-7-21-23(30)28(17-14-26-12-15-27(16-13-26)22(29)18(2)3)24(31-21)19-8-10-20(11-9-19)25(4,5)6/h8-11,18,21,24H,7,12-17H2,1-6H3/t21-,24+/m1/s1. The summed E-state index contributed by atoms with van der Waals surface area (Å²) < 4.78 is 0. The van der Waals surface area contributed by atoms with Gasteiger partial charge >= 0.3 is 0 Å². The minimum atomic E-state index is 0.0489. The van der Waals surface area contributed by atoms with E-state index in [0.29, 0.717) is 0 Å². The number of hydrogen-bond acceptors (Lipinski definition) is 4. The molecule has 2 amide bonds. The Morgan fingerprint density at radius 3 is 2.19 bits per heavy atom. The van der Waals surface area contributed by atoms with E-state index in [9.17, 15) is 9.59 Å². The predicted octanol–water partition coefficient (Wildman–Crippen LogP) is 4.14. The molecule has 31 heavy (non-hydrogen) atoms. The van der Waals surface area contributed by atoms with Crippen LogP contribution in [0.15, 0.2) is 24.3 Å². The minimum absolute atomic E-state index is 0.0489. The van der Waals surface area contributed by atoms with Gasteiger partial charge in [-0.25, -0.2) is 0 Å². The third-order valence-electron chi connectivity index (χ3n) is 6.40. The van der Waals surface area contributed by atoms with Gasteiger partial charge in [-0.05, 0) is 23.0 Å². The lowest BCUT2D eigenvalue weighted by Gasteiger charge is -2.36. The van der Waals surface area contributed by atoms with Crippen LogP contribution in [0.3, 0.4) is 0 Å². The highest BCUT2D eigenvalue weighted by Gasteiger charge is 2.40. The highest BCUT2D eigenvalue weighted by molar-refractivity contribution is 8.01. The third-order valence-corrected chi connectivity index (χ3v) is 8.05. The molecule has 1 aromatic rings. The Balaban J connectivity index is 1.63. The normalized spacial score (nSPS) is 23.1. The van der Waals surface area contributed by atoms with Crippen molar-refractivity contribution in [3.05, 3.63) is 35.4 Å². The van der Waals surface area contributed by atoms with E-state index in [0.717, 1.165) is 45.7 Å². The van der Waals surface area contributed by atoms with Gasteiger partial charge in [0, 0.05) is 45.2 Å². The van der Waals surface area contributed by atoms with Gasteiger partial charge in [0.05, 0.1) is 5.25 Å². The molecule has 0 N–H and O–H groups in total. The molecule has 0 aromatic heterocycles. The Morgan fingerprint density at radius 1 is 1.06 bits per heavy atom. The number of amides is 2. The lowest BCUT2D eigenvalue weighted by atomic mass is 9.86. The van der Waals surface area contributed by atoms with Gasteiger partial charge in [0.25, 0.3) is 0 Å². The summed E-state index contributed by atoms with van der Waals surface area (Å²) in [5.41, 5.74) is 2.66. The van der Waals surface area contributed by atoms with Gasteiger partial charge in [0.2, 0.25) is 11.8 Å². The molecule has 172 valence electrons. The maximum atomic E-state index is 13.1. The lowest BCUT2D eigenvalue weighted by molar-refractivity contribution is -0.136. The summed E-state index contributed by atoms with van der Waals surface area (Å²) in [6.07, 6.45) is 0.868. The molecule has 6 heteroatoms. The fourth-order valence-electron chi connectivity index (χ4n) is 4.30. The Morgan fingerprint density at radius 2 is 1.68 bits per heavy atom. The first-order valence-corrected chi connectivity index (χ1v) is 12.6. The van der Waals surface area contributed by atoms with Gasteiger partial charge in [-0.1, -0.05) is 65.8 Å². The zero-order chi connectivity index (χ0) is 22.8. The molecule has 5 nitrogen and oxygen atoms in total. The monoisotopic (exact) mass is 445 g/mol. The summed E-state index contributed by atoms with van der Waals surface area (Å²) in [5, 5.41) is 0.142. The lowest BCUT2D eigenvalue weighted by Crippen LogP contribution is -2.51. The fraction of sp³-hybridized carbons (Fsp3) is 0.680. The summed E-state index contributed by atoms with van der Waals surface area (Å²) in [6.45, 7) is 17.7. The zero-order valence-electron chi connectivity index (χ0n) is 20.1. The van der Waals surface area contributed by atoms with Crippen LogP contribution in [-0.4, -0.2) is 71.0 Å². The Bertz CT molecular complexity index is 764. The Labute approximate surface area is 192 Å². The number of benzene rings is 1. The predicted molar refractivity (Wildman–Crippen MR) is 129 cm³/mol. The highest BCUT2D eigenvalue weighted by atomic mass is 32.2. The van der Waals surface area contributed by atoms with Crippen molar-refractivity contribution in [1.29, 1.82) is 0 Å². The molecule has 0 radical (unpaired) electrons. The molecule has 2 atom stereocenters. The fourth-order valence-corrected chi connectivity index (χ4v) is 5.72. The van der Waals surface area contributed by atoms with Crippen LogP contribution >= 0.6 is 11.8 Å². The van der Waals surface area contributed by atoms with Crippen LogP contribution in [0, 0.1) is 5.92 Å². The van der Waals surface area contributed by atoms with Gasteiger partial charge in [-0.15, -0.1) is 11.8 Å².